The van der Waals surface area contributed by atoms with Crippen LogP contribution in [-0.2, 0) is 10.0 Å². The Balaban J connectivity index is 2.05. The summed E-state index contributed by atoms with van der Waals surface area (Å²) in [6.07, 6.45) is 4.23. The van der Waals surface area contributed by atoms with Crippen LogP contribution in [0, 0.1) is 25.7 Å². The second kappa shape index (κ2) is 6.90. The molecule has 4 nitrogen and oxygen atoms in total. The lowest BCUT2D eigenvalue weighted by Gasteiger charge is -2.30. The van der Waals surface area contributed by atoms with Gasteiger partial charge in [-0.25, -0.2) is 13.1 Å². The van der Waals surface area contributed by atoms with Crippen molar-refractivity contribution in [2.45, 2.75) is 44.4 Å². The molecule has 21 heavy (non-hydrogen) atoms. The van der Waals surface area contributed by atoms with Gasteiger partial charge in [0, 0.05) is 13.2 Å². The van der Waals surface area contributed by atoms with Gasteiger partial charge in [0.1, 0.15) is 0 Å². The summed E-state index contributed by atoms with van der Waals surface area (Å²) in [7, 11) is -3.46. The fourth-order valence-electron chi connectivity index (χ4n) is 2.97. The Labute approximate surface area is 127 Å². The molecule has 0 aromatic heterocycles. The van der Waals surface area contributed by atoms with Crippen LogP contribution in [0.1, 0.15) is 36.8 Å². The number of hydrogen-bond acceptors (Lipinski definition) is 3. The van der Waals surface area contributed by atoms with Crippen LogP contribution in [0.3, 0.4) is 0 Å². The summed E-state index contributed by atoms with van der Waals surface area (Å²) in [6, 6.07) is 5.19. The van der Waals surface area contributed by atoms with E-state index in [1.807, 2.05) is 19.9 Å². The molecule has 1 aliphatic rings. The molecule has 0 amide bonds. The van der Waals surface area contributed by atoms with Gasteiger partial charge in [0.2, 0.25) is 10.0 Å². The molecule has 1 saturated carbocycles. The highest BCUT2D eigenvalue weighted by Gasteiger charge is 2.26. The first kappa shape index (κ1) is 16.5. The van der Waals surface area contributed by atoms with Crippen molar-refractivity contribution < 1.29 is 13.5 Å². The lowest BCUT2D eigenvalue weighted by atomic mass is 9.80. The largest absolute Gasteiger partial charge is 0.396 e. The van der Waals surface area contributed by atoms with Crippen LogP contribution in [0.15, 0.2) is 23.1 Å². The van der Waals surface area contributed by atoms with E-state index in [0.717, 1.165) is 36.8 Å². The summed E-state index contributed by atoms with van der Waals surface area (Å²) >= 11 is 0. The van der Waals surface area contributed by atoms with E-state index in [4.69, 9.17) is 0 Å². The number of aliphatic hydroxyl groups excluding tert-OH is 1. The molecule has 0 saturated heterocycles. The molecule has 1 fully saturated rings. The van der Waals surface area contributed by atoms with Crippen LogP contribution in [0.25, 0.3) is 0 Å². The Kier molecular flexibility index (Phi) is 5.41. The molecule has 1 aliphatic carbocycles. The molecule has 118 valence electrons. The molecule has 2 rings (SSSR count). The normalized spacial score (nSPS) is 23.2. The highest BCUT2D eigenvalue weighted by atomic mass is 32.2. The third-order valence-electron chi connectivity index (χ3n) is 4.63. The minimum absolute atomic E-state index is 0.149. The molecular formula is C16H25NO3S. The van der Waals surface area contributed by atoms with Gasteiger partial charge in [-0.15, -0.1) is 0 Å². The molecule has 2 N–H and O–H groups in total. The van der Waals surface area contributed by atoms with Gasteiger partial charge < -0.3 is 5.11 Å². The summed E-state index contributed by atoms with van der Waals surface area (Å²) in [5, 5.41) is 9.40. The van der Waals surface area contributed by atoms with Gasteiger partial charge in [-0.1, -0.05) is 18.9 Å². The van der Waals surface area contributed by atoms with Crippen molar-refractivity contribution in [3.8, 4) is 0 Å². The van der Waals surface area contributed by atoms with Crippen LogP contribution in [0.2, 0.25) is 0 Å². The summed E-state index contributed by atoms with van der Waals surface area (Å²) in [6.45, 7) is 4.45. The topological polar surface area (TPSA) is 66.4 Å². The molecule has 5 heteroatoms. The number of aliphatic hydroxyl groups is 1. The lowest BCUT2D eigenvalue weighted by molar-refractivity contribution is 0.136. The maximum Gasteiger partial charge on any atom is 0.240 e. The van der Waals surface area contributed by atoms with Crippen molar-refractivity contribution in [2.24, 2.45) is 11.8 Å². The number of hydrogen-bond donors (Lipinski definition) is 2. The van der Waals surface area contributed by atoms with E-state index in [1.165, 1.54) is 0 Å². The molecule has 0 spiro atoms. The van der Waals surface area contributed by atoms with Crippen LogP contribution in [-0.4, -0.2) is 26.7 Å². The van der Waals surface area contributed by atoms with E-state index in [2.05, 4.69) is 4.72 Å². The maximum atomic E-state index is 12.4. The minimum Gasteiger partial charge on any atom is -0.396 e. The molecule has 0 bridgehead atoms. The minimum atomic E-state index is -3.46. The van der Waals surface area contributed by atoms with E-state index < -0.39 is 10.0 Å². The molecule has 0 aliphatic heterocycles. The smallest absolute Gasteiger partial charge is 0.240 e. The predicted molar refractivity (Wildman–Crippen MR) is 83.6 cm³/mol. The fraction of sp³-hybridized carbons (Fsp3) is 0.625. The van der Waals surface area contributed by atoms with Gasteiger partial charge in [0.05, 0.1) is 4.90 Å². The zero-order valence-corrected chi connectivity index (χ0v) is 13.6. The van der Waals surface area contributed by atoms with Crippen LogP contribution < -0.4 is 4.72 Å². The average molecular weight is 311 g/mol. The first-order chi connectivity index (χ1) is 9.94. The second-order valence-corrected chi connectivity index (χ2v) is 7.85. The Morgan fingerprint density at radius 1 is 1.14 bits per heavy atom. The van der Waals surface area contributed by atoms with E-state index >= 15 is 0 Å². The molecule has 0 heterocycles. The monoisotopic (exact) mass is 311 g/mol. The van der Waals surface area contributed by atoms with E-state index in [-0.39, 0.29) is 18.4 Å². The Bertz CT molecular complexity index is 583. The first-order valence-electron chi connectivity index (χ1n) is 7.62. The van der Waals surface area contributed by atoms with Crippen molar-refractivity contribution in [2.75, 3.05) is 13.2 Å². The number of nitrogens with one attached hydrogen (secondary N) is 1. The van der Waals surface area contributed by atoms with Crippen molar-refractivity contribution in [3.05, 3.63) is 29.3 Å². The molecular weight excluding hydrogens is 286 g/mol. The highest BCUT2D eigenvalue weighted by molar-refractivity contribution is 7.89. The highest BCUT2D eigenvalue weighted by Crippen LogP contribution is 2.29. The van der Waals surface area contributed by atoms with Crippen molar-refractivity contribution in [1.82, 2.24) is 4.72 Å². The van der Waals surface area contributed by atoms with E-state index in [1.54, 1.807) is 12.1 Å². The molecule has 2 atom stereocenters. The van der Waals surface area contributed by atoms with Gasteiger partial charge in [0.25, 0.3) is 0 Å². The summed E-state index contributed by atoms with van der Waals surface area (Å²) < 4.78 is 27.4. The number of sulfonamides is 1. The average Bonchev–Trinajstić information content (AvgIpc) is 2.48. The van der Waals surface area contributed by atoms with Gasteiger partial charge in [-0.3, -0.25) is 0 Å². The molecule has 0 radical (unpaired) electrons. The Morgan fingerprint density at radius 2 is 1.81 bits per heavy atom. The third kappa shape index (κ3) is 4.05. The fourth-order valence-corrected chi connectivity index (χ4v) is 4.15. The van der Waals surface area contributed by atoms with Crippen molar-refractivity contribution in [1.29, 1.82) is 0 Å². The van der Waals surface area contributed by atoms with Gasteiger partial charge in [-0.05, 0) is 61.8 Å². The summed E-state index contributed by atoms with van der Waals surface area (Å²) in [5.41, 5.74) is 2.06. The molecule has 2 unspecified atom stereocenters. The predicted octanol–water partition coefficient (Wildman–Crippen LogP) is 2.38. The van der Waals surface area contributed by atoms with Crippen molar-refractivity contribution in [3.63, 3.8) is 0 Å². The number of aryl methyl sites for hydroxylation is 2. The van der Waals surface area contributed by atoms with Crippen LogP contribution in [0.4, 0.5) is 0 Å². The summed E-state index contributed by atoms with van der Waals surface area (Å²) in [4.78, 5) is 0.321. The lowest BCUT2D eigenvalue weighted by Crippen LogP contribution is -2.35. The number of rotatable bonds is 5. The van der Waals surface area contributed by atoms with Gasteiger partial charge in [0.15, 0.2) is 0 Å². The second-order valence-electron chi connectivity index (χ2n) is 6.09. The maximum absolute atomic E-state index is 12.4. The quantitative estimate of drug-likeness (QED) is 0.877. The zero-order valence-electron chi connectivity index (χ0n) is 12.8. The van der Waals surface area contributed by atoms with Gasteiger partial charge >= 0.3 is 0 Å². The summed E-state index contributed by atoms with van der Waals surface area (Å²) in [5.74, 6) is 0.464. The number of benzene rings is 1. The van der Waals surface area contributed by atoms with Crippen LogP contribution >= 0.6 is 0 Å². The molecule has 1 aromatic carbocycles. The van der Waals surface area contributed by atoms with E-state index in [9.17, 15) is 13.5 Å². The Hall–Kier alpha value is -0.910. The SMILES string of the molecule is Cc1ccc(S(=O)(=O)NCC2CCCCC2CO)cc1C. The van der Waals surface area contributed by atoms with Crippen LogP contribution in [0.5, 0.6) is 0 Å². The Morgan fingerprint density at radius 3 is 2.43 bits per heavy atom. The third-order valence-corrected chi connectivity index (χ3v) is 6.05. The standard InChI is InChI=1S/C16H25NO3S/c1-12-7-8-16(9-13(12)2)21(19,20)17-10-14-5-3-4-6-15(14)11-18/h7-9,14-15,17-18H,3-6,10-11H2,1-2H3. The zero-order chi connectivity index (χ0) is 15.5. The van der Waals surface area contributed by atoms with Gasteiger partial charge in [-0.2, -0.15) is 0 Å². The molecule has 1 aromatic rings. The van der Waals surface area contributed by atoms with Crippen molar-refractivity contribution >= 4 is 10.0 Å². The van der Waals surface area contributed by atoms with E-state index in [0.29, 0.717) is 11.4 Å². The first-order valence-corrected chi connectivity index (χ1v) is 9.10.